The minimum Gasteiger partial charge on any atom is -0.462 e. The lowest BCUT2D eigenvalue weighted by atomic mass is 9.31. The second-order valence-electron chi connectivity index (χ2n) is 16.1. The number of carbonyl (C=O) groups excluding carboxylic acids is 1. The average molecular weight is 503 g/mol. The molecule has 11 atom stereocenters. The van der Waals surface area contributed by atoms with Gasteiger partial charge in [-0.2, -0.15) is 0 Å². The van der Waals surface area contributed by atoms with E-state index < -0.39 is 11.7 Å². The molecule has 0 aliphatic heterocycles. The molecule has 36 heavy (non-hydrogen) atoms. The molecule has 0 aromatic carbocycles. The van der Waals surface area contributed by atoms with E-state index in [0.717, 1.165) is 12.8 Å². The number of esters is 1. The molecule has 5 aliphatic carbocycles. The van der Waals surface area contributed by atoms with Gasteiger partial charge in [-0.3, -0.25) is 4.79 Å². The van der Waals surface area contributed by atoms with E-state index in [1.165, 1.54) is 45.4 Å². The van der Waals surface area contributed by atoms with E-state index in [0.29, 0.717) is 41.4 Å². The van der Waals surface area contributed by atoms with Crippen LogP contribution >= 0.6 is 0 Å². The van der Waals surface area contributed by atoms with Crippen molar-refractivity contribution < 1.29 is 19.7 Å². The molecule has 0 unspecified atom stereocenters. The van der Waals surface area contributed by atoms with Crippen molar-refractivity contribution in [1.82, 2.24) is 0 Å². The first-order chi connectivity index (χ1) is 16.4. The monoisotopic (exact) mass is 502 g/mol. The van der Waals surface area contributed by atoms with E-state index in [4.69, 9.17) is 4.74 Å². The molecule has 4 nitrogen and oxygen atoms in total. The Hall–Kier alpha value is -0.610. The van der Waals surface area contributed by atoms with Gasteiger partial charge in [0.1, 0.15) is 6.10 Å². The molecular formula is C32H54O4. The Morgan fingerprint density at radius 3 is 2.03 bits per heavy atom. The lowest BCUT2D eigenvalue weighted by molar-refractivity contribution is -0.279. The number of hydrogen-bond donors (Lipinski definition) is 2. The maximum Gasteiger partial charge on any atom is 0.302 e. The summed E-state index contributed by atoms with van der Waals surface area (Å²) in [7, 11) is 0. The predicted octanol–water partition coefficient (Wildman–Crippen LogP) is 6.76. The molecule has 5 aliphatic rings. The number of hydrogen-bond acceptors (Lipinski definition) is 4. The summed E-state index contributed by atoms with van der Waals surface area (Å²) in [6.07, 6.45) is 9.48. The molecule has 0 bridgehead atoms. The van der Waals surface area contributed by atoms with Gasteiger partial charge in [0.2, 0.25) is 0 Å². The lowest BCUT2D eigenvalue weighted by Crippen LogP contribution is -2.70. The second-order valence-corrected chi connectivity index (χ2v) is 16.1. The summed E-state index contributed by atoms with van der Waals surface area (Å²) in [4.78, 5) is 11.9. The van der Waals surface area contributed by atoms with E-state index in [2.05, 4.69) is 41.5 Å². The van der Waals surface area contributed by atoms with Crippen LogP contribution in [-0.2, 0) is 9.53 Å². The molecule has 0 saturated heterocycles. The molecule has 0 aromatic rings. The highest BCUT2D eigenvalue weighted by molar-refractivity contribution is 5.66. The minimum absolute atomic E-state index is 0.145. The third-order valence-electron chi connectivity index (χ3n) is 14.2. The highest BCUT2D eigenvalue weighted by Crippen LogP contribution is 2.78. The number of aliphatic hydroxyl groups is 2. The molecule has 0 aromatic heterocycles. The smallest absolute Gasteiger partial charge is 0.302 e. The largest absolute Gasteiger partial charge is 0.462 e. The number of aliphatic hydroxyl groups excluding tert-OH is 1. The highest BCUT2D eigenvalue weighted by Gasteiger charge is 2.72. The Morgan fingerprint density at radius 2 is 1.42 bits per heavy atom. The third-order valence-corrected chi connectivity index (χ3v) is 14.2. The fourth-order valence-corrected chi connectivity index (χ4v) is 12.3. The summed E-state index contributed by atoms with van der Waals surface area (Å²) in [5, 5.41) is 22.8. The molecule has 0 spiro atoms. The Labute approximate surface area is 220 Å². The lowest BCUT2D eigenvalue weighted by Gasteiger charge is -2.74. The van der Waals surface area contributed by atoms with Crippen molar-refractivity contribution >= 4 is 5.97 Å². The fourth-order valence-electron chi connectivity index (χ4n) is 12.3. The molecular weight excluding hydrogens is 448 g/mol. The molecule has 206 valence electrons. The van der Waals surface area contributed by atoms with Crippen molar-refractivity contribution in [3.63, 3.8) is 0 Å². The number of fused-ring (bicyclic) bond motifs is 7. The van der Waals surface area contributed by atoms with Crippen molar-refractivity contribution in [1.29, 1.82) is 0 Å². The number of ether oxygens (including phenoxy) is 1. The van der Waals surface area contributed by atoms with Crippen LogP contribution in [0.25, 0.3) is 0 Å². The quantitative estimate of drug-likeness (QED) is 0.409. The zero-order valence-electron chi connectivity index (χ0n) is 24.6. The molecule has 2 N–H and O–H groups in total. The van der Waals surface area contributed by atoms with Gasteiger partial charge in [0, 0.05) is 24.2 Å². The third kappa shape index (κ3) is 3.28. The van der Waals surface area contributed by atoms with Crippen LogP contribution in [0.15, 0.2) is 0 Å². The molecule has 0 amide bonds. The highest BCUT2D eigenvalue weighted by atomic mass is 16.5. The van der Waals surface area contributed by atoms with Crippen molar-refractivity contribution in [3.8, 4) is 0 Å². The SMILES string of the molecule is CC(=O)O[C@H]1C[C@@H](O)[C@]2(C)[C@H]3CC[C@@H]4[C@@]5(C)CC[C@H](C(C)(C)O)[C@@H]5CC[C@@]4(C)[C@]3(C)CC[C@H]2C1(C)C. The molecule has 5 saturated carbocycles. The number of rotatable bonds is 2. The predicted molar refractivity (Wildman–Crippen MR) is 143 cm³/mol. The normalized spacial score (nSPS) is 54.0. The van der Waals surface area contributed by atoms with E-state index in [9.17, 15) is 15.0 Å². The zero-order chi connectivity index (χ0) is 26.7. The van der Waals surface area contributed by atoms with Crippen LogP contribution in [0.1, 0.15) is 120 Å². The van der Waals surface area contributed by atoms with Gasteiger partial charge in [-0.05, 0) is 111 Å². The van der Waals surface area contributed by atoms with Gasteiger partial charge < -0.3 is 14.9 Å². The van der Waals surface area contributed by atoms with Crippen molar-refractivity contribution in [2.24, 2.45) is 56.7 Å². The first kappa shape index (κ1) is 27.0. The van der Waals surface area contributed by atoms with Crippen LogP contribution in [0.3, 0.4) is 0 Å². The van der Waals surface area contributed by atoms with Gasteiger partial charge in [-0.25, -0.2) is 0 Å². The van der Waals surface area contributed by atoms with E-state index in [1.54, 1.807) is 0 Å². The van der Waals surface area contributed by atoms with E-state index >= 15 is 0 Å². The van der Waals surface area contributed by atoms with Crippen molar-refractivity contribution in [2.45, 2.75) is 138 Å². The summed E-state index contributed by atoms with van der Waals surface area (Å²) >= 11 is 0. The summed E-state index contributed by atoms with van der Waals surface area (Å²) in [6.45, 7) is 20.3. The van der Waals surface area contributed by atoms with Gasteiger partial charge in [-0.15, -0.1) is 0 Å². The topological polar surface area (TPSA) is 66.8 Å². The van der Waals surface area contributed by atoms with Crippen LogP contribution in [0.4, 0.5) is 0 Å². The van der Waals surface area contributed by atoms with Crippen LogP contribution in [-0.4, -0.2) is 34.0 Å². The Kier molecular flexibility index (Phi) is 5.97. The van der Waals surface area contributed by atoms with Gasteiger partial charge >= 0.3 is 5.97 Å². The van der Waals surface area contributed by atoms with Gasteiger partial charge in [0.25, 0.3) is 0 Å². The Bertz CT molecular complexity index is 904. The molecule has 4 heteroatoms. The standard InChI is InChI=1S/C32H54O4/c1-19(33)36-26-18-25(34)32(9)22(27(26,2)3)14-17-31(8)24(32)11-10-23-29(6)15-12-20(28(4,5)35)21(29)13-16-30(23,31)7/h20-26,34-35H,10-18H2,1-9H3/t20-,21-,22-,23+,24-,25+,26-,29-,30+,31+,32-/m0/s1. The first-order valence-electron chi connectivity index (χ1n) is 15.0. The van der Waals surface area contributed by atoms with Crippen molar-refractivity contribution in [3.05, 3.63) is 0 Å². The summed E-state index contributed by atoms with van der Waals surface area (Å²) in [6, 6.07) is 0. The van der Waals surface area contributed by atoms with Gasteiger partial charge in [0.05, 0.1) is 11.7 Å². The van der Waals surface area contributed by atoms with Crippen LogP contribution in [0.2, 0.25) is 0 Å². The zero-order valence-corrected chi connectivity index (χ0v) is 24.6. The first-order valence-corrected chi connectivity index (χ1v) is 15.0. The second kappa shape index (κ2) is 7.96. The molecule has 5 rings (SSSR count). The van der Waals surface area contributed by atoms with Crippen LogP contribution < -0.4 is 0 Å². The molecule has 0 radical (unpaired) electrons. The summed E-state index contributed by atoms with van der Waals surface area (Å²) in [5.74, 6) is 2.29. The van der Waals surface area contributed by atoms with E-state index in [-0.39, 0.29) is 33.7 Å². The van der Waals surface area contributed by atoms with Crippen molar-refractivity contribution in [2.75, 3.05) is 0 Å². The number of carbonyl (C=O) groups is 1. The maximum absolute atomic E-state index is 11.9. The maximum atomic E-state index is 11.9. The van der Waals surface area contributed by atoms with Crippen LogP contribution in [0.5, 0.6) is 0 Å². The van der Waals surface area contributed by atoms with E-state index in [1.807, 2.05) is 13.8 Å². The average Bonchev–Trinajstić information content (AvgIpc) is 3.10. The Morgan fingerprint density at radius 1 is 0.833 bits per heavy atom. The van der Waals surface area contributed by atoms with Crippen LogP contribution in [0, 0.1) is 56.7 Å². The molecule has 5 fully saturated rings. The fraction of sp³-hybridized carbons (Fsp3) is 0.969. The van der Waals surface area contributed by atoms with Gasteiger partial charge in [-0.1, -0.05) is 41.5 Å². The molecule has 0 heterocycles. The summed E-state index contributed by atoms with van der Waals surface area (Å²) in [5.41, 5.74) is -0.168. The minimum atomic E-state index is -0.598. The Balaban J connectivity index is 1.51. The summed E-state index contributed by atoms with van der Waals surface area (Å²) < 4.78 is 5.82. The van der Waals surface area contributed by atoms with Gasteiger partial charge in [0.15, 0.2) is 0 Å².